The number of carbonyl (C=O) groups excluding carboxylic acids is 1. The molecule has 0 bridgehead atoms. The first-order valence-electron chi connectivity index (χ1n) is 9.51. The van der Waals surface area contributed by atoms with Crippen molar-refractivity contribution in [3.05, 3.63) is 94.0 Å². The molecule has 0 aliphatic carbocycles. The Kier molecular flexibility index (Phi) is 4.48. The largest absolute Gasteiger partial charge is 0.454 e. The van der Waals surface area contributed by atoms with E-state index in [1.54, 1.807) is 18.2 Å². The van der Waals surface area contributed by atoms with E-state index < -0.39 is 5.76 Å². The molecule has 0 unspecified atom stereocenters. The van der Waals surface area contributed by atoms with Gasteiger partial charge < -0.3 is 19.2 Å². The van der Waals surface area contributed by atoms with Crippen LogP contribution >= 0.6 is 0 Å². The Balaban J connectivity index is 1.37. The number of carbonyl (C=O) groups is 1. The van der Waals surface area contributed by atoms with Gasteiger partial charge in [0, 0.05) is 12.1 Å². The molecule has 4 aromatic rings. The summed E-state index contributed by atoms with van der Waals surface area (Å²) in [6.07, 6.45) is 0. The van der Waals surface area contributed by atoms with Crippen molar-refractivity contribution in [2.24, 2.45) is 0 Å². The van der Waals surface area contributed by atoms with Crippen molar-refractivity contribution in [3.63, 3.8) is 0 Å². The fourth-order valence-corrected chi connectivity index (χ4v) is 3.45. The van der Waals surface area contributed by atoms with Crippen LogP contribution in [0.15, 0.2) is 75.9 Å². The molecule has 0 atom stereocenters. The van der Waals surface area contributed by atoms with Gasteiger partial charge in [0.2, 0.25) is 6.79 Å². The number of nitrogens with zero attached hydrogens (tertiary/aromatic N) is 1. The SMILES string of the molecule is O=C(NCc1ccc2c(c1)OCO2)c1ccc2oc(=O)n(Cc3ccccc3)c2c1. The normalized spacial score (nSPS) is 12.3. The third-order valence-electron chi connectivity index (χ3n) is 5.00. The summed E-state index contributed by atoms with van der Waals surface area (Å²) >= 11 is 0. The van der Waals surface area contributed by atoms with Gasteiger partial charge in [0.15, 0.2) is 17.1 Å². The van der Waals surface area contributed by atoms with Gasteiger partial charge in [-0.05, 0) is 41.5 Å². The van der Waals surface area contributed by atoms with Crippen LogP contribution in [0.5, 0.6) is 11.5 Å². The zero-order valence-corrected chi connectivity index (χ0v) is 16.0. The highest BCUT2D eigenvalue weighted by Gasteiger charge is 2.15. The summed E-state index contributed by atoms with van der Waals surface area (Å²) in [5.74, 6) is 0.680. The molecule has 2 heterocycles. The zero-order chi connectivity index (χ0) is 20.5. The summed E-state index contributed by atoms with van der Waals surface area (Å²) in [6.45, 7) is 0.922. The van der Waals surface area contributed by atoms with E-state index in [4.69, 9.17) is 13.9 Å². The minimum Gasteiger partial charge on any atom is -0.454 e. The second-order valence-corrected chi connectivity index (χ2v) is 6.99. The van der Waals surface area contributed by atoms with Crippen LogP contribution < -0.4 is 20.5 Å². The predicted octanol–water partition coefficient (Wildman–Crippen LogP) is 3.30. The Morgan fingerprint density at radius 3 is 2.63 bits per heavy atom. The Hall–Kier alpha value is -4.00. The molecule has 0 radical (unpaired) electrons. The molecule has 7 heteroatoms. The maximum absolute atomic E-state index is 12.7. The molecule has 0 saturated carbocycles. The highest BCUT2D eigenvalue weighted by atomic mass is 16.7. The molecule has 30 heavy (non-hydrogen) atoms. The van der Waals surface area contributed by atoms with Crippen LogP contribution in [0.3, 0.4) is 0 Å². The molecule has 1 aliphatic rings. The third kappa shape index (κ3) is 3.41. The van der Waals surface area contributed by atoms with E-state index in [2.05, 4.69) is 5.32 Å². The fraction of sp³-hybridized carbons (Fsp3) is 0.130. The van der Waals surface area contributed by atoms with E-state index in [9.17, 15) is 9.59 Å². The Bertz CT molecular complexity index is 1290. The van der Waals surface area contributed by atoms with E-state index in [1.807, 2.05) is 48.5 Å². The van der Waals surface area contributed by atoms with Gasteiger partial charge in [0.05, 0.1) is 12.1 Å². The van der Waals surface area contributed by atoms with Gasteiger partial charge in [-0.3, -0.25) is 9.36 Å². The second-order valence-electron chi connectivity index (χ2n) is 6.99. The van der Waals surface area contributed by atoms with Gasteiger partial charge in [-0.15, -0.1) is 0 Å². The summed E-state index contributed by atoms with van der Waals surface area (Å²) in [4.78, 5) is 25.0. The van der Waals surface area contributed by atoms with Gasteiger partial charge >= 0.3 is 5.76 Å². The molecule has 0 saturated heterocycles. The van der Waals surface area contributed by atoms with Crippen molar-refractivity contribution in [2.75, 3.05) is 6.79 Å². The summed E-state index contributed by atoms with van der Waals surface area (Å²) in [7, 11) is 0. The Morgan fingerprint density at radius 2 is 1.77 bits per heavy atom. The first-order chi connectivity index (χ1) is 14.7. The summed E-state index contributed by atoms with van der Waals surface area (Å²) < 4.78 is 17.5. The molecule has 1 N–H and O–H groups in total. The first-order valence-corrected chi connectivity index (χ1v) is 9.51. The van der Waals surface area contributed by atoms with Gasteiger partial charge in [-0.25, -0.2) is 4.79 Å². The van der Waals surface area contributed by atoms with Gasteiger partial charge in [-0.1, -0.05) is 36.4 Å². The zero-order valence-electron chi connectivity index (χ0n) is 16.0. The van der Waals surface area contributed by atoms with E-state index in [0.29, 0.717) is 41.3 Å². The third-order valence-corrected chi connectivity index (χ3v) is 5.00. The summed E-state index contributed by atoms with van der Waals surface area (Å²) in [5.41, 5.74) is 3.35. The maximum atomic E-state index is 12.7. The van der Waals surface area contributed by atoms with Crippen LogP contribution in [0, 0.1) is 0 Å². The number of hydrogen-bond donors (Lipinski definition) is 1. The first kappa shape index (κ1) is 18.1. The van der Waals surface area contributed by atoms with Crippen LogP contribution in [0.2, 0.25) is 0 Å². The van der Waals surface area contributed by atoms with E-state index in [-0.39, 0.29) is 12.7 Å². The molecule has 1 aromatic heterocycles. The molecular formula is C23H18N2O5. The summed E-state index contributed by atoms with van der Waals surface area (Å²) in [6, 6.07) is 20.1. The van der Waals surface area contributed by atoms with Gasteiger partial charge in [0.25, 0.3) is 5.91 Å². The lowest BCUT2D eigenvalue weighted by Gasteiger charge is -2.07. The van der Waals surface area contributed by atoms with Gasteiger partial charge in [0.1, 0.15) is 0 Å². The number of amides is 1. The Morgan fingerprint density at radius 1 is 0.933 bits per heavy atom. The molecule has 150 valence electrons. The highest BCUT2D eigenvalue weighted by molar-refractivity contribution is 5.97. The molecule has 3 aromatic carbocycles. The minimum absolute atomic E-state index is 0.209. The quantitative estimate of drug-likeness (QED) is 0.554. The van der Waals surface area contributed by atoms with Crippen LogP contribution in [-0.4, -0.2) is 17.3 Å². The molecule has 0 spiro atoms. The average molecular weight is 402 g/mol. The monoisotopic (exact) mass is 402 g/mol. The number of aromatic nitrogens is 1. The average Bonchev–Trinajstić information content (AvgIpc) is 3.36. The van der Waals surface area contributed by atoms with Crippen molar-refractivity contribution in [1.82, 2.24) is 9.88 Å². The fourth-order valence-electron chi connectivity index (χ4n) is 3.45. The lowest BCUT2D eigenvalue weighted by atomic mass is 10.1. The van der Waals surface area contributed by atoms with Crippen molar-refractivity contribution in [1.29, 1.82) is 0 Å². The number of hydrogen-bond acceptors (Lipinski definition) is 5. The number of nitrogens with one attached hydrogen (secondary N) is 1. The number of benzene rings is 3. The van der Waals surface area contributed by atoms with E-state index in [0.717, 1.165) is 11.1 Å². The number of ether oxygens (including phenoxy) is 2. The van der Waals surface area contributed by atoms with Crippen LogP contribution in [0.4, 0.5) is 0 Å². The second kappa shape index (κ2) is 7.44. The number of rotatable bonds is 5. The standard InChI is InChI=1S/C23H18N2O5/c26-22(24-12-16-6-8-20-21(10-16)29-14-28-20)17-7-9-19-18(11-17)25(23(27)30-19)13-15-4-2-1-3-5-15/h1-11H,12-14H2,(H,24,26). The molecule has 1 aliphatic heterocycles. The van der Waals surface area contributed by atoms with Crippen LogP contribution in [-0.2, 0) is 13.1 Å². The van der Waals surface area contributed by atoms with Gasteiger partial charge in [-0.2, -0.15) is 0 Å². The molecular weight excluding hydrogens is 384 g/mol. The summed E-state index contributed by atoms with van der Waals surface area (Å²) in [5, 5.41) is 2.89. The van der Waals surface area contributed by atoms with Crippen LogP contribution in [0.25, 0.3) is 11.1 Å². The topological polar surface area (TPSA) is 82.7 Å². The molecule has 1 amide bonds. The Labute approximate surface area is 171 Å². The smallest absolute Gasteiger partial charge is 0.420 e. The molecule has 5 rings (SSSR count). The molecule has 0 fully saturated rings. The maximum Gasteiger partial charge on any atom is 0.420 e. The lowest BCUT2D eigenvalue weighted by Crippen LogP contribution is -2.23. The number of fused-ring (bicyclic) bond motifs is 2. The van der Waals surface area contributed by atoms with E-state index >= 15 is 0 Å². The molecule has 7 nitrogen and oxygen atoms in total. The van der Waals surface area contributed by atoms with Crippen molar-refractivity contribution in [3.8, 4) is 11.5 Å². The predicted molar refractivity (Wildman–Crippen MR) is 110 cm³/mol. The van der Waals surface area contributed by atoms with E-state index in [1.165, 1.54) is 4.57 Å². The number of oxazole rings is 1. The van der Waals surface area contributed by atoms with Crippen LogP contribution in [0.1, 0.15) is 21.5 Å². The van der Waals surface area contributed by atoms with Crippen molar-refractivity contribution >= 4 is 17.0 Å². The van der Waals surface area contributed by atoms with Crippen molar-refractivity contribution in [2.45, 2.75) is 13.1 Å². The minimum atomic E-state index is -0.452. The lowest BCUT2D eigenvalue weighted by molar-refractivity contribution is 0.0951. The highest BCUT2D eigenvalue weighted by Crippen LogP contribution is 2.32. The van der Waals surface area contributed by atoms with Crippen molar-refractivity contribution < 1.29 is 18.7 Å².